The standard InChI is InChI=1S/C30H20ClF9O/c1-3-4-5-15-6-22(34)28(23(35)7-15)17-9-24(36)27(25(37)10-17)16-8-19(31)29(26(38)11-16)30(39,40)41-18-12-20(32)14(2)21(33)13-18/h6-13H,3-5H2,1-2H3. The van der Waals surface area contributed by atoms with Crippen molar-refractivity contribution in [1.29, 1.82) is 0 Å². The minimum atomic E-state index is -4.56. The second kappa shape index (κ2) is 11.7. The maximum Gasteiger partial charge on any atom is 0.431 e. The average Bonchev–Trinajstić information content (AvgIpc) is 2.84. The van der Waals surface area contributed by atoms with Crippen molar-refractivity contribution in [3.8, 4) is 28.0 Å². The molecule has 0 aliphatic heterocycles. The molecule has 0 unspecified atom stereocenters. The van der Waals surface area contributed by atoms with Crippen molar-refractivity contribution in [3.63, 3.8) is 0 Å². The molecule has 0 bridgehead atoms. The number of hydrogen-bond acceptors (Lipinski definition) is 1. The minimum Gasteiger partial charge on any atom is -0.429 e. The fraction of sp³-hybridized carbons (Fsp3) is 0.200. The van der Waals surface area contributed by atoms with Crippen molar-refractivity contribution >= 4 is 11.6 Å². The van der Waals surface area contributed by atoms with Gasteiger partial charge < -0.3 is 4.74 Å². The number of alkyl halides is 2. The van der Waals surface area contributed by atoms with E-state index in [2.05, 4.69) is 4.74 Å². The van der Waals surface area contributed by atoms with E-state index in [1.807, 2.05) is 6.92 Å². The Morgan fingerprint density at radius 2 is 1.12 bits per heavy atom. The summed E-state index contributed by atoms with van der Waals surface area (Å²) >= 11 is 5.86. The van der Waals surface area contributed by atoms with E-state index in [1.165, 1.54) is 0 Å². The van der Waals surface area contributed by atoms with Crippen molar-refractivity contribution in [3.05, 3.63) is 111 Å². The summed E-state index contributed by atoms with van der Waals surface area (Å²) in [6.07, 6.45) is -2.70. The molecule has 4 rings (SSSR count). The van der Waals surface area contributed by atoms with Gasteiger partial charge in [-0.2, -0.15) is 8.78 Å². The normalized spacial score (nSPS) is 11.7. The van der Waals surface area contributed by atoms with Crippen molar-refractivity contribution in [2.45, 2.75) is 39.2 Å². The van der Waals surface area contributed by atoms with Crippen molar-refractivity contribution < 1.29 is 44.3 Å². The number of benzene rings is 4. The van der Waals surface area contributed by atoms with E-state index in [4.69, 9.17) is 11.6 Å². The summed E-state index contributed by atoms with van der Waals surface area (Å²) < 4.78 is 136. The summed E-state index contributed by atoms with van der Waals surface area (Å²) in [7, 11) is 0. The summed E-state index contributed by atoms with van der Waals surface area (Å²) in [6.45, 7) is 2.96. The summed E-state index contributed by atoms with van der Waals surface area (Å²) in [6, 6.07) is 5.25. The molecule has 4 aromatic rings. The van der Waals surface area contributed by atoms with E-state index in [1.54, 1.807) is 0 Å². The lowest BCUT2D eigenvalue weighted by molar-refractivity contribution is -0.187. The van der Waals surface area contributed by atoms with Crippen LogP contribution < -0.4 is 4.74 Å². The van der Waals surface area contributed by atoms with Crippen molar-refractivity contribution in [2.24, 2.45) is 0 Å². The number of ether oxygens (including phenoxy) is 1. The second-order valence-corrected chi connectivity index (χ2v) is 9.71. The molecule has 0 heterocycles. The zero-order valence-electron chi connectivity index (χ0n) is 21.4. The molecule has 0 aliphatic carbocycles. The smallest absolute Gasteiger partial charge is 0.429 e. The van der Waals surface area contributed by atoms with Crippen molar-refractivity contribution in [1.82, 2.24) is 0 Å². The number of hydrogen-bond donors (Lipinski definition) is 0. The summed E-state index contributed by atoms with van der Waals surface area (Å²) in [4.78, 5) is 0. The van der Waals surface area contributed by atoms with E-state index in [0.29, 0.717) is 54.8 Å². The molecule has 0 amide bonds. The number of rotatable bonds is 8. The zero-order valence-corrected chi connectivity index (χ0v) is 22.2. The highest BCUT2D eigenvalue weighted by molar-refractivity contribution is 6.31. The van der Waals surface area contributed by atoms with Gasteiger partial charge in [-0.15, -0.1) is 0 Å². The first-order valence-electron chi connectivity index (χ1n) is 12.2. The fourth-order valence-corrected chi connectivity index (χ4v) is 4.61. The average molecular weight is 603 g/mol. The summed E-state index contributed by atoms with van der Waals surface area (Å²) in [5, 5.41) is -1.03. The van der Waals surface area contributed by atoms with Crippen LogP contribution in [0, 0.1) is 47.6 Å². The highest BCUT2D eigenvalue weighted by atomic mass is 35.5. The maximum absolute atomic E-state index is 15.1. The number of unbranched alkanes of at least 4 members (excludes halogenated alkanes) is 1. The monoisotopic (exact) mass is 602 g/mol. The quantitative estimate of drug-likeness (QED) is 0.182. The Morgan fingerprint density at radius 1 is 0.659 bits per heavy atom. The van der Waals surface area contributed by atoms with Crippen LogP contribution in [0.3, 0.4) is 0 Å². The molecule has 0 aromatic heterocycles. The van der Waals surface area contributed by atoms with Gasteiger partial charge in [-0.25, -0.2) is 30.7 Å². The second-order valence-electron chi connectivity index (χ2n) is 9.30. The van der Waals surface area contributed by atoms with Gasteiger partial charge in [0.05, 0.1) is 16.1 Å². The molecule has 0 saturated carbocycles. The minimum absolute atomic E-state index is 0.347. The van der Waals surface area contributed by atoms with Gasteiger partial charge in [0.25, 0.3) is 0 Å². The summed E-state index contributed by atoms with van der Waals surface area (Å²) in [5.74, 6) is -9.97. The Balaban J connectivity index is 1.71. The predicted octanol–water partition coefficient (Wildman–Crippen LogP) is 10.4. The van der Waals surface area contributed by atoms with Gasteiger partial charge in [-0.05, 0) is 72.9 Å². The predicted molar refractivity (Wildman–Crippen MR) is 136 cm³/mol. The van der Waals surface area contributed by atoms with Crippen LogP contribution in [0.5, 0.6) is 5.75 Å². The fourth-order valence-electron chi connectivity index (χ4n) is 4.30. The molecule has 4 aromatic carbocycles. The highest BCUT2D eigenvalue weighted by Gasteiger charge is 2.41. The van der Waals surface area contributed by atoms with Crippen LogP contribution in [0.2, 0.25) is 5.02 Å². The molecule has 1 nitrogen and oxygen atoms in total. The van der Waals surface area contributed by atoms with Crippen molar-refractivity contribution in [2.75, 3.05) is 0 Å². The van der Waals surface area contributed by atoms with Gasteiger partial charge in [-0.1, -0.05) is 24.9 Å². The molecule has 41 heavy (non-hydrogen) atoms. The van der Waals surface area contributed by atoms with Crippen LogP contribution in [0.15, 0.2) is 48.5 Å². The zero-order chi connectivity index (χ0) is 30.2. The maximum atomic E-state index is 15.1. The first-order chi connectivity index (χ1) is 19.2. The van der Waals surface area contributed by atoms with Gasteiger partial charge in [-0.3, -0.25) is 0 Å². The van der Waals surface area contributed by atoms with Crippen LogP contribution in [-0.4, -0.2) is 0 Å². The van der Waals surface area contributed by atoms with E-state index < -0.39 is 91.0 Å². The van der Waals surface area contributed by atoms with Crippen LogP contribution in [0.4, 0.5) is 39.5 Å². The molecule has 0 spiro atoms. The third-order valence-corrected chi connectivity index (χ3v) is 6.67. The Morgan fingerprint density at radius 3 is 1.61 bits per heavy atom. The van der Waals surface area contributed by atoms with Crippen LogP contribution in [0.25, 0.3) is 22.3 Å². The van der Waals surface area contributed by atoms with Gasteiger partial charge in [0.2, 0.25) is 0 Å². The molecule has 0 atom stereocenters. The van der Waals surface area contributed by atoms with Gasteiger partial charge >= 0.3 is 6.11 Å². The SMILES string of the molecule is CCCCc1cc(F)c(-c2cc(F)c(-c3cc(F)c(C(F)(F)Oc4cc(F)c(C)c(F)c4)c(Cl)c3)c(F)c2)c(F)c1. The Kier molecular flexibility index (Phi) is 8.63. The first-order valence-corrected chi connectivity index (χ1v) is 12.6. The topological polar surface area (TPSA) is 9.23 Å². The molecule has 0 radical (unpaired) electrons. The third kappa shape index (κ3) is 6.17. The third-order valence-electron chi connectivity index (χ3n) is 6.37. The van der Waals surface area contributed by atoms with Crippen LogP contribution in [0.1, 0.15) is 36.5 Å². The van der Waals surface area contributed by atoms with E-state index in [-0.39, 0.29) is 0 Å². The lowest BCUT2D eigenvalue weighted by atomic mass is 9.96. The number of halogens is 10. The van der Waals surface area contributed by atoms with Gasteiger partial charge in [0, 0.05) is 17.7 Å². The van der Waals surface area contributed by atoms with Crippen LogP contribution >= 0.6 is 11.6 Å². The highest BCUT2D eigenvalue weighted by Crippen LogP contribution is 2.42. The van der Waals surface area contributed by atoms with Gasteiger partial charge in [0.15, 0.2) is 0 Å². The molecular formula is C30H20ClF9O. The van der Waals surface area contributed by atoms with Crippen LogP contribution in [-0.2, 0) is 12.5 Å². The lowest BCUT2D eigenvalue weighted by Crippen LogP contribution is -2.24. The molecular weight excluding hydrogens is 583 g/mol. The molecule has 0 fully saturated rings. The van der Waals surface area contributed by atoms with E-state index in [0.717, 1.165) is 25.5 Å². The lowest BCUT2D eigenvalue weighted by Gasteiger charge is -2.21. The summed E-state index contributed by atoms with van der Waals surface area (Å²) in [5.41, 5.74) is -4.35. The molecule has 0 N–H and O–H groups in total. The van der Waals surface area contributed by atoms with Gasteiger partial charge in [0.1, 0.15) is 52.0 Å². The number of aryl methyl sites for hydroxylation is 1. The largest absolute Gasteiger partial charge is 0.431 e. The van der Waals surface area contributed by atoms with E-state index >= 15 is 8.78 Å². The Labute approximate surface area is 234 Å². The molecule has 0 saturated heterocycles. The molecule has 216 valence electrons. The Hall–Kier alpha value is -3.66. The first kappa shape index (κ1) is 30.3. The molecule has 0 aliphatic rings. The Bertz CT molecular complexity index is 1540. The van der Waals surface area contributed by atoms with E-state index in [9.17, 15) is 30.7 Å². The molecule has 11 heteroatoms.